The molecule has 0 aromatic heterocycles. The highest BCUT2D eigenvalue weighted by Gasteiger charge is 2.41. The van der Waals surface area contributed by atoms with Crippen LogP contribution in [0.5, 0.6) is 5.75 Å². The summed E-state index contributed by atoms with van der Waals surface area (Å²) in [6.45, 7) is 11.1. The first-order chi connectivity index (χ1) is 19.1. The van der Waals surface area contributed by atoms with Crippen LogP contribution in [0.15, 0.2) is 65.2 Å². The fraction of sp³-hybridized carbons (Fsp3) is 0.438. The van der Waals surface area contributed by atoms with E-state index >= 15 is 0 Å². The molecule has 4 rings (SSSR count). The number of carboxylic acids is 1. The number of nitrogen functional groups attached to an aromatic ring is 1. The van der Waals surface area contributed by atoms with Crippen molar-refractivity contribution in [2.75, 3.05) is 17.2 Å². The van der Waals surface area contributed by atoms with E-state index in [2.05, 4.69) is 37.8 Å². The molecule has 0 saturated heterocycles. The molecule has 0 amide bonds. The summed E-state index contributed by atoms with van der Waals surface area (Å²) in [6.07, 6.45) is 9.24. The summed E-state index contributed by atoms with van der Waals surface area (Å²) in [4.78, 5) is 12.8. The zero-order valence-electron chi connectivity index (χ0n) is 24.4. The van der Waals surface area contributed by atoms with Gasteiger partial charge in [-0.3, -0.25) is 4.79 Å². The summed E-state index contributed by atoms with van der Waals surface area (Å²) in [7, 11) is -4.60. The molecule has 9 heteroatoms. The molecule has 0 radical (unpaired) electrons. The van der Waals surface area contributed by atoms with Crippen molar-refractivity contribution in [2.45, 2.75) is 83.0 Å². The minimum Gasteiger partial charge on any atom is -0.744 e. The molecule has 0 fully saturated rings. The zero-order valence-corrected chi connectivity index (χ0v) is 25.3. The minimum absolute atomic E-state index is 0.0824. The van der Waals surface area contributed by atoms with E-state index in [4.69, 9.17) is 15.3 Å². The Balaban J connectivity index is 1.68. The van der Waals surface area contributed by atoms with E-state index in [-0.39, 0.29) is 22.6 Å². The molecule has 8 nitrogen and oxygen atoms in total. The van der Waals surface area contributed by atoms with E-state index in [9.17, 15) is 17.8 Å². The maximum absolute atomic E-state index is 11.8. The number of nitrogens with zero attached hydrogens (tertiary/aromatic N) is 1. The lowest BCUT2D eigenvalue weighted by Gasteiger charge is -2.27. The molecule has 2 aromatic rings. The fourth-order valence-corrected chi connectivity index (χ4v) is 6.11. The number of hydrogen-bond donors (Lipinski definition) is 2. The highest BCUT2D eigenvalue weighted by molar-refractivity contribution is 7.85. The Morgan fingerprint density at radius 2 is 1.90 bits per heavy atom. The van der Waals surface area contributed by atoms with Gasteiger partial charge >= 0.3 is 17.5 Å². The molecule has 2 aliphatic heterocycles. The van der Waals surface area contributed by atoms with Gasteiger partial charge in [0.1, 0.15) is 10.1 Å². The lowest BCUT2D eigenvalue weighted by molar-refractivity contribution is -0.377. The molecular formula is C32H40N2O6S. The molecule has 3 N–H and O–H groups in total. The quantitative estimate of drug-likeness (QED) is 0.151. The van der Waals surface area contributed by atoms with Crippen LogP contribution in [-0.2, 0) is 24.8 Å². The first-order valence-corrected chi connectivity index (χ1v) is 15.4. The summed E-state index contributed by atoms with van der Waals surface area (Å²) < 4.78 is 41.7. The van der Waals surface area contributed by atoms with Gasteiger partial charge in [-0.25, -0.2) is 12.8 Å². The highest BCUT2D eigenvalue weighted by atomic mass is 32.2. The number of rotatable bonds is 9. The molecular weight excluding hydrogens is 540 g/mol. The first kappa shape index (κ1) is 30.5. The smallest absolute Gasteiger partial charge is 0.358 e. The van der Waals surface area contributed by atoms with Gasteiger partial charge in [-0.05, 0) is 75.6 Å². The topological polar surface area (TPSA) is 135 Å². The third-order valence-electron chi connectivity index (χ3n) is 7.93. The van der Waals surface area contributed by atoms with Crippen LogP contribution in [0.2, 0.25) is 0 Å². The second kappa shape index (κ2) is 11.4. The van der Waals surface area contributed by atoms with Crippen molar-refractivity contribution < 1.29 is 27.3 Å². The van der Waals surface area contributed by atoms with Gasteiger partial charge in [-0.15, -0.1) is 0 Å². The van der Waals surface area contributed by atoms with Crippen molar-refractivity contribution in [1.29, 1.82) is 0 Å². The van der Waals surface area contributed by atoms with Crippen LogP contribution in [0.3, 0.4) is 0 Å². The number of allylic oxidation sites excluding steroid dienone is 4. The van der Waals surface area contributed by atoms with Crippen LogP contribution in [0, 0.1) is 5.41 Å². The van der Waals surface area contributed by atoms with Gasteiger partial charge in [0.15, 0.2) is 0 Å². The predicted octanol–water partition coefficient (Wildman–Crippen LogP) is 6.41. The van der Waals surface area contributed by atoms with E-state index in [1.165, 1.54) is 12.1 Å². The van der Waals surface area contributed by atoms with E-state index in [1.807, 2.05) is 38.1 Å². The number of aliphatic carboxylic acids is 1. The number of nitrogens with two attached hydrogens (primary N) is 1. The summed E-state index contributed by atoms with van der Waals surface area (Å²) in [5.74, 6) is 1.03. The Labute approximate surface area is 243 Å². The Hall–Kier alpha value is -3.43. The van der Waals surface area contributed by atoms with Gasteiger partial charge in [-0.2, -0.15) is 0 Å². The van der Waals surface area contributed by atoms with E-state index in [1.54, 1.807) is 6.07 Å². The van der Waals surface area contributed by atoms with Crippen molar-refractivity contribution in [3.8, 4) is 5.75 Å². The Bertz CT molecular complexity index is 1530. The Kier molecular flexibility index (Phi) is 8.52. The number of ketones is 1. The van der Waals surface area contributed by atoms with E-state index in [0.717, 1.165) is 53.3 Å². The minimum atomic E-state index is -4.60. The van der Waals surface area contributed by atoms with Gasteiger partial charge in [0, 0.05) is 41.4 Å². The van der Waals surface area contributed by atoms with Crippen molar-refractivity contribution in [1.82, 2.24) is 0 Å². The van der Waals surface area contributed by atoms with Gasteiger partial charge in [0.25, 0.3) is 0 Å². The molecule has 2 aliphatic rings. The molecule has 1 unspecified atom stereocenters. The number of hydrogen-bond acceptors (Lipinski definition) is 6. The van der Waals surface area contributed by atoms with Gasteiger partial charge in [0.05, 0.1) is 28.4 Å². The van der Waals surface area contributed by atoms with E-state index < -0.39 is 21.5 Å². The van der Waals surface area contributed by atoms with Crippen molar-refractivity contribution in [3.05, 3.63) is 71.5 Å². The molecule has 2 aromatic carbocycles. The van der Waals surface area contributed by atoms with Crippen LogP contribution in [0.1, 0.15) is 83.8 Å². The third-order valence-corrected chi connectivity index (χ3v) is 8.77. The second-order valence-corrected chi connectivity index (χ2v) is 13.8. The first-order valence-electron chi connectivity index (χ1n) is 14.0. The maximum Gasteiger partial charge on any atom is 0.358 e. The van der Waals surface area contributed by atoms with Crippen molar-refractivity contribution in [3.63, 3.8) is 0 Å². The molecule has 41 heavy (non-hydrogen) atoms. The van der Waals surface area contributed by atoms with Crippen LogP contribution >= 0.6 is 0 Å². The molecule has 220 valence electrons. The number of benzene rings is 2. The summed E-state index contributed by atoms with van der Waals surface area (Å²) in [5.41, 5.74) is 9.67. The monoisotopic (exact) mass is 580 g/mol. The summed E-state index contributed by atoms with van der Waals surface area (Å²) in [5, 5.41) is 8.98. The van der Waals surface area contributed by atoms with Crippen molar-refractivity contribution in [2.24, 2.45) is 5.41 Å². The standard InChI is InChI=1S/C32H40N2O6S/c1-31(2,3)29-18-21(24-15-13-22(33)19-27(24)40-29)10-9-11-28-32(4,5)25-20-23(41(37,38)39)14-16-26(25)34(28)17-8-6-7-12-30(35)36/h9-11,13-16,19-21H,6-8,12,17-18,33H2,1-5H3,(H-,35,36,37,38,39)/b10-9+,28-11+. The van der Waals surface area contributed by atoms with Gasteiger partial charge in [-0.1, -0.05) is 32.4 Å². The van der Waals surface area contributed by atoms with Crippen LogP contribution < -0.4 is 10.6 Å². The number of anilines is 2. The van der Waals surface area contributed by atoms with Crippen LogP contribution in [0.4, 0.5) is 11.4 Å². The van der Waals surface area contributed by atoms with Crippen molar-refractivity contribution >= 4 is 33.2 Å². The third kappa shape index (κ3) is 6.73. The number of carbonyl (C=O) groups is 1. The largest absolute Gasteiger partial charge is 0.744 e. The average molecular weight is 581 g/mol. The summed E-state index contributed by atoms with van der Waals surface area (Å²) >= 11 is 0. The molecule has 0 saturated carbocycles. The second-order valence-electron chi connectivity index (χ2n) is 12.4. The number of unbranched alkanes of at least 4 members (excludes halogenated alkanes) is 2. The van der Waals surface area contributed by atoms with Crippen LogP contribution in [-0.4, -0.2) is 36.4 Å². The molecule has 0 aliphatic carbocycles. The van der Waals surface area contributed by atoms with Gasteiger partial charge < -0.3 is 20.3 Å². The lowest BCUT2D eigenvalue weighted by Crippen LogP contribution is -2.27. The SMILES string of the molecule is CC(C)(C)C1=[O+]c2cc(N)ccc2C(/C=C/C=C2/N(CCCCCC(=O)O)c3ccc(S(=O)(=O)[O-])cc3C2(C)C)C1. The zero-order chi connectivity index (χ0) is 30.2. The summed E-state index contributed by atoms with van der Waals surface area (Å²) in [6, 6.07) is 10.3. The average Bonchev–Trinajstić information content (AvgIpc) is 3.07. The Morgan fingerprint density at radius 1 is 1.17 bits per heavy atom. The molecule has 1 atom stereocenters. The molecule has 2 heterocycles. The molecule has 0 spiro atoms. The predicted molar refractivity (Wildman–Crippen MR) is 160 cm³/mol. The number of carboxylic acid groups (broad SMARTS) is 1. The molecule has 0 bridgehead atoms. The highest BCUT2D eigenvalue weighted by Crippen LogP contribution is 2.49. The number of carbonyl (C=O) groups excluding carboxylic acids is 1. The maximum atomic E-state index is 11.8. The van der Waals surface area contributed by atoms with Gasteiger partial charge in [0.2, 0.25) is 0 Å². The number of fused-ring (bicyclic) bond motifs is 2. The van der Waals surface area contributed by atoms with Crippen LogP contribution in [0.25, 0.3) is 0 Å². The van der Waals surface area contributed by atoms with E-state index in [0.29, 0.717) is 18.7 Å². The Morgan fingerprint density at radius 3 is 2.56 bits per heavy atom. The lowest BCUT2D eigenvalue weighted by atomic mass is 9.81. The fourth-order valence-electron chi connectivity index (χ4n) is 5.62. The normalized spacial score (nSPS) is 19.4.